The van der Waals surface area contributed by atoms with Gasteiger partial charge in [0.05, 0.1) is 6.54 Å². The zero-order chi connectivity index (χ0) is 16.7. The molecule has 0 aliphatic carbocycles. The first-order chi connectivity index (χ1) is 11.1. The van der Waals surface area contributed by atoms with Crippen molar-refractivity contribution in [2.24, 2.45) is 10.7 Å². The third kappa shape index (κ3) is 4.85. The molecule has 0 saturated heterocycles. The average molecular weight is 311 g/mol. The zero-order valence-electron chi connectivity index (χ0n) is 13.4. The molecule has 0 unspecified atom stereocenters. The van der Waals surface area contributed by atoms with E-state index in [2.05, 4.69) is 10.3 Å². The normalized spacial score (nSPS) is 11.1. The van der Waals surface area contributed by atoms with Crippen molar-refractivity contribution in [3.05, 3.63) is 65.2 Å². The maximum absolute atomic E-state index is 11.9. The van der Waals surface area contributed by atoms with Gasteiger partial charge in [0.15, 0.2) is 5.96 Å². The molecule has 23 heavy (non-hydrogen) atoms. The molecule has 2 aromatic carbocycles. The lowest BCUT2D eigenvalue weighted by Gasteiger charge is -2.11. The topological polar surface area (TPSA) is 76.7 Å². The number of nitrogens with zero attached hydrogens (tertiary/aromatic N) is 1. The fourth-order valence-electron chi connectivity index (χ4n) is 2.16. The van der Waals surface area contributed by atoms with Crippen molar-refractivity contribution in [2.75, 3.05) is 13.2 Å². The number of nitrogens with two attached hydrogens (primary N) is 1. The molecule has 0 bridgehead atoms. The molecule has 3 N–H and O–H groups in total. The van der Waals surface area contributed by atoms with Gasteiger partial charge in [-0.1, -0.05) is 36.4 Å². The molecule has 0 radical (unpaired) electrons. The van der Waals surface area contributed by atoms with Crippen molar-refractivity contribution < 1.29 is 9.53 Å². The first-order valence-electron chi connectivity index (χ1n) is 7.43. The molecule has 120 valence electrons. The number of para-hydroxylation sites is 1. The molecule has 0 aliphatic rings. The number of carbonyl (C=O) groups excluding carboxylic acids is 1. The maximum Gasteiger partial charge on any atom is 0.257 e. The van der Waals surface area contributed by atoms with E-state index in [1.54, 1.807) is 24.3 Å². The largest absolute Gasteiger partial charge is 0.491 e. The summed E-state index contributed by atoms with van der Waals surface area (Å²) in [6.45, 7) is 4.77. The molecule has 5 heteroatoms. The molecule has 0 atom stereocenters. The summed E-state index contributed by atoms with van der Waals surface area (Å²) < 4.78 is 5.73. The summed E-state index contributed by atoms with van der Waals surface area (Å²) in [4.78, 5) is 16.0. The Morgan fingerprint density at radius 1 is 1.09 bits per heavy atom. The fourth-order valence-corrected chi connectivity index (χ4v) is 2.16. The number of hydrogen-bond donors (Lipinski definition) is 2. The molecule has 1 amide bonds. The average Bonchev–Trinajstić information content (AvgIpc) is 2.54. The minimum atomic E-state index is -0.275. The zero-order valence-corrected chi connectivity index (χ0v) is 13.4. The highest BCUT2D eigenvalue weighted by Crippen LogP contribution is 2.21. The highest BCUT2D eigenvalue weighted by molar-refractivity contribution is 6.05. The second-order valence-electron chi connectivity index (χ2n) is 5.16. The summed E-state index contributed by atoms with van der Waals surface area (Å²) in [6, 6.07) is 14.9. The number of guanidine groups is 1. The molecule has 0 aliphatic heterocycles. The van der Waals surface area contributed by atoms with E-state index < -0.39 is 0 Å². The quantitative estimate of drug-likeness (QED) is 0.506. The Bertz CT molecular complexity index is 676. The highest BCUT2D eigenvalue weighted by atomic mass is 16.5. The van der Waals surface area contributed by atoms with Gasteiger partial charge in [0.1, 0.15) is 12.4 Å². The van der Waals surface area contributed by atoms with Gasteiger partial charge < -0.3 is 10.5 Å². The number of ether oxygens (including phenoxy) is 1. The molecule has 5 nitrogen and oxygen atoms in total. The maximum atomic E-state index is 11.9. The van der Waals surface area contributed by atoms with E-state index >= 15 is 0 Å². The van der Waals surface area contributed by atoms with Crippen LogP contribution in [0.25, 0.3) is 0 Å². The Morgan fingerprint density at radius 2 is 1.74 bits per heavy atom. The van der Waals surface area contributed by atoms with Gasteiger partial charge in [0, 0.05) is 5.56 Å². The van der Waals surface area contributed by atoms with Gasteiger partial charge in [-0.05, 0) is 37.1 Å². The van der Waals surface area contributed by atoms with Crippen molar-refractivity contribution in [3.63, 3.8) is 0 Å². The van der Waals surface area contributed by atoms with Gasteiger partial charge in [0.2, 0.25) is 0 Å². The number of hydrogen-bond acceptors (Lipinski definition) is 3. The van der Waals surface area contributed by atoms with Gasteiger partial charge >= 0.3 is 0 Å². The molecule has 0 spiro atoms. The third-order valence-electron chi connectivity index (χ3n) is 3.31. The Balaban J connectivity index is 1.82. The minimum absolute atomic E-state index is 0.0870. The number of nitrogens with one attached hydrogen (secondary N) is 1. The number of amides is 1. The molecule has 0 fully saturated rings. The van der Waals surface area contributed by atoms with E-state index in [1.165, 1.54) is 0 Å². The van der Waals surface area contributed by atoms with Gasteiger partial charge in [-0.25, -0.2) is 4.99 Å². The molecule has 0 heterocycles. The predicted molar refractivity (Wildman–Crippen MR) is 91.8 cm³/mol. The van der Waals surface area contributed by atoms with Crippen LogP contribution in [-0.4, -0.2) is 25.0 Å². The smallest absolute Gasteiger partial charge is 0.257 e. The van der Waals surface area contributed by atoms with Crippen LogP contribution in [0.3, 0.4) is 0 Å². The summed E-state index contributed by atoms with van der Waals surface area (Å²) in [7, 11) is 0. The molecular formula is C18H21N3O2. The lowest BCUT2D eigenvalue weighted by molar-refractivity contribution is 0.0976. The molecular weight excluding hydrogens is 290 g/mol. The van der Waals surface area contributed by atoms with Gasteiger partial charge in [0.25, 0.3) is 5.91 Å². The Kier molecular flexibility index (Phi) is 5.74. The molecule has 0 aromatic heterocycles. The van der Waals surface area contributed by atoms with Crippen molar-refractivity contribution in [2.45, 2.75) is 13.8 Å². The lowest BCUT2D eigenvalue weighted by Crippen LogP contribution is -2.37. The van der Waals surface area contributed by atoms with E-state index in [1.807, 2.05) is 38.1 Å². The van der Waals surface area contributed by atoms with Crippen LogP contribution < -0.4 is 15.8 Å². The number of aliphatic imine (C=N–C) groups is 1. The monoisotopic (exact) mass is 311 g/mol. The van der Waals surface area contributed by atoms with Crippen molar-refractivity contribution >= 4 is 11.9 Å². The molecule has 2 rings (SSSR count). The van der Waals surface area contributed by atoms with E-state index in [0.717, 1.165) is 16.9 Å². The standard InChI is InChI=1S/C18H21N3O2/c1-13-7-6-8-14(2)16(13)23-12-11-20-18(19)21-17(22)15-9-4-3-5-10-15/h3-10H,11-12H2,1-2H3,(H3,19,20,21,22). The van der Waals surface area contributed by atoms with Crippen LogP contribution in [0.15, 0.2) is 53.5 Å². The van der Waals surface area contributed by atoms with Gasteiger partial charge in [-0.15, -0.1) is 0 Å². The van der Waals surface area contributed by atoms with Crippen molar-refractivity contribution in [3.8, 4) is 5.75 Å². The van der Waals surface area contributed by atoms with E-state index in [0.29, 0.717) is 18.7 Å². The van der Waals surface area contributed by atoms with Crippen LogP contribution in [0, 0.1) is 13.8 Å². The second-order valence-corrected chi connectivity index (χ2v) is 5.16. The Hall–Kier alpha value is -2.82. The minimum Gasteiger partial charge on any atom is -0.491 e. The third-order valence-corrected chi connectivity index (χ3v) is 3.31. The van der Waals surface area contributed by atoms with E-state index in [-0.39, 0.29) is 11.9 Å². The van der Waals surface area contributed by atoms with Gasteiger partial charge in [-0.2, -0.15) is 0 Å². The summed E-state index contributed by atoms with van der Waals surface area (Å²) in [5.74, 6) is 0.682. The van der Waals surface area contributed by atoms with Crippen molar-refractivity contribution in [1.29, 1.82) is 0 Å². The summed E-state index contributed by atoms with van der Waals surface area (Å²) in [6.07, 6.45) is 0. The van der Waals surface area contributed by atoms with Crippen molar-refractivity contribution in [1.82, 2.24) is 5.32 Å². The number of rotatable bonds is 5. The molecule has 2 aromatic rings. The first-order valence-corrected chi connectivity index (χ1v) is 7.43. The highest BCUT2D eigenvalue weighted by Gasteiger charge is 2.06. The van der Waals surface area contributed by atoms with Crippen LogP contribution in [0.1, 0.15) is 21.5 Å². The van der Waals surface area contributed by atoms with E-state index in [4.69, 9.17) is 10.5 Å². The van der Waals surface area contributed by atoms with Crippen LogP contribution in [0.4, 0.5) is 0 Å². The SMILES string of the molecule is Cc1cccc(C)c1OCCN=C(N)NC(=O)c1ccccc1. The summed E-state index contributed by atoms with van der Waals surface area (Å²) in [5, 5.41) is 2.55. The fraction of sp³-hybridized carbons (Fsp3) is 0.222. The predicted octanol–water partition coefficient (Wildman–Crippen LogP) is 2.43. The first kappa shape index (κ1) is 16.5. The summed E-state index contributed by atoms with van der Waals surface area (Å²) in [5.41, 5.74) is 8.42. The Labute approximate surface area is 136 Å². The van der Waals surface area contributed by atoms with Crippen LogP contribution in [0.5, 0.6) is 5.75 Å². The van der Waals surface area contributed by atoms with Crippen LogP contribution in [0.2, 0.25) is 0 Å². The van der Waals surface area contributed by atoms with E-state index in [9.17, 15) is 4.79 Å². The second kappa shape index (κ2) is 7.98. The number of benzene rings is 2. The Morgan fingerprint density at radius 3 is 2.39 bits per heavy atom. The molecule has 0 saturated carbocycles. The summed E-state index contributed by atoms with van der Waals surface area (Å²) >= 11 is 0. The lowest BCUT2D eigenvalue weighted by atomic mass is 10.1. The number of aryl methyl sites for hydroxylation is 2. The van der Waals surface area contributed by atoms with Crippen LogP contribution >= 0.6 is 0 Å². The van der Waals surface area contributed by atoms with Gasteiger partial charge in [-0.3, -0.25) is 10.1 Å². The number of carbonyl (C=O) groups is 1. The van der Waals surface area contributed by atoms with Crippen LogP contribution in [-0.2, 0) is 0 Å².